The summed E-state index contributed by atoms with van der Waals surface area (Å²) >= 11 is 5.78. The van der Waals surface area contributed by atoms with Crippen LogP contribution in [0.3, 0.4) is 0 Å². The van der Waals surface area contributed by atoms with Gasteiger partial charge < -0.3 is 4.90 Å². The zero-order valence-corrected chi connectivity index (χ0v) is 10.9. The van der Waals surface area contributed by atoms with E-state index >= 15 is 0 Å². The highest BCUT2D eigenvalue weighted by Gasteiger charge is 2.21. The summed E-state index contributed by atoms with van der Waals surface area (Å²) < 4.78 is 22.5. The molecule has 90 valence electrons. The summed E-state index contributed by atoms with van der Waals surface area (Å²) in [6, 6.07) is 0. The summed E-state index contributed by atoms with van der Waals surface area (Å²) in [5.41, 5.74) is 0. The van der Waals surface area contributed by atoms with Gasteiger partial charge in [-0.2, -0.15) is 0 Å². The van der Waals surface area contributed by atoms with E-state index in [4.69, 9.17) is 11.6 Å². The fraction of sp³-hybridized carbons (Fsp3) is 1.00. The van der Waals surface area contributed by atoms with E-state index in [1.807, 2.05) is 0 Å². The van der Waals surface area contributed by atoms with Gasteiger partial charge in [0, 0.05) is 18.2 Å². The molecule has 0 aromatic carbocycles. The standard InChI is InChI=1S/C10H20ClNO2S/c1-2-15(13,14)7-3-5-12-6-4-10(8-11)9-12/h10H,2-9H2,1H3. The average molecular weight is 254 g/mol. The third-order valence-corrected chi connectivity index (χ3v) is 5.18. The van der Waals surface area contributed by atoms with E-state index < -0.39 is 9.84 Å². The normalized spacial score (nSPS) is 23.5. The van der Waals surface area contributed by atoms with Crippen molar-refractivity contribution in [3.63, 3.8) is 0 Å². The van der Waals surface area contributed by atoms with Crippen LogP contribution in [0, 0.1) is 5.92 Å². The van der Waals surface area contributed by atoms with E-state index in [1.54, 1.807) is 6.92 Å². The van der Waals surface area contributed by atoms with Crippen LogP contribution in [-0.4, -0.2) is 50.3 Å². The van der Waals surface area contributed by atoms with Gasteiger partial charge in [0.05, 0.1) is 5.75 Å². The van der Waals surface area contributed by atoms with Crippen LogP contribution in [0.25, 0.3) is 0 Å². The lowest BCUT2D eigenvalue weighted by Gasteiger charge is -2.14. The lowest BCUT2D eigenvalue weighted by Crippen LogP contribution is -2.24. The first-order chi connectivity index (χ1) is 7.07. The lowest BCUT2D eigenvalue weighted by molar-refractivity contribution is 0.329. The van der Waals surface area contributed by atoms with Crippen LogP contribution >= 0.6 is 11.6 Å². The average Bonchev–Trinajstić information content (AvgIpc) is 2.66. The summed E-state index contributed by atoms with van der Waals surface area (Å²) in [6.45, 7) is 4.71. The fourth-order valence-electron chi connectivity index (χ4n) is 1.89. The van der Waals surface area contributed by atoms with E-state index in [0.29, 0.717) is 11.7 Å². The number of likely N-dealkylation sites (tertiary alicyclic amines) is 1. The summed E-state index contributed by atoms with van der Waals surface area (Å²) in [4.78, 5) is 2.32. The fourth-order valence-corrected chi connectivity index (χ4v) is 3.00. The largest absolute Gasteiger partial charge is 0.303 e. The summed E-state index contributed by atoms with van der Waals surface area (Å²) in [5.74, 6) is 1.92. The third-order valence-electron chi connectivity index (χ3n) is 2.96. The Kier molecular flexibility index (Phi) is 5.36. The Balaban J connectivity index is 2.17. The van der Waals surface area contributed by atoms with Crippen LogP contribution in [0.15, 0.2) is 0 Å². The predicted octanol–water partition coefficient (Wildman–Crippen LogP) is 1.37. The van der Waals surface area contributed by atoms with Gasteiger partial charge in [-0.3, -0.25) is 0 Å². The number of hydrogen-bond donors (Lipinski definition) is 0. The molecule has 1 rings (SSSR count). The van der Waals surface area contributed by atoms with Crippen molar-refractivity contribution < 1.29 is 8.42 Å². The molecule has 0 amide bonds. The van der Waals surface area contributed by atoms with Gasteiger partial charge in [-0.1, -0.05) is 6.92 Å². The van der Waals surface area contributed by atoms with Crippen molar-refractivity contribution in [2.45, 2.75) is 19.8 Å². The van der Waals surface area contributed by atoms with Gasteiger partial charge in [0.2, 0.25) is 0 Å². The van der Waals surface area contributed by atoms with Gasteiger partial charge in [0.1, 0.15) is 9.84 Å². The SMILES string of the molecule is CCS(=O)(=O)CCCN1CCC(CCl)C1. The Morgan fingerprint density at radius 1 is 1.47 bits per heavy atom. The second-order valence-electron chi connectivity index (χ2n) is 4.20. The molecule has 1 aliphatic heterocycles. The highest BCUT2D eigenvalue weighted by Crippen LogP contribution is 2.17. The number of alkyl halides is 1. The number of rotatable bonds is 6. The van der Waals surface area contributed by atoms with E-state index in [9.17, 15) is 8.42 Å². The Morgan fingerprint density at radius 2 is 2.20 bits per heavy atom. The Bertz CT molecular complexity index is 279. The van der Waals surface area contributed by atoms with E-state index in [2.05, 4.69) is 4.90 Å². The molecule has 0 aromatic heterocycles. The van der Waals surface area contributed by atoms with E-state index in [1.165, 1.54) is 0 Å². The molecule has 1 aliphatic rings. The first-order valence-electron chi connectivity index (χ1n) is 5.56. The maximum atomic E-state index is 11.3. The molecule has 0 bridgehead atoms. The van der Waals surface area contributed by atoms with Crippen molar-refractivity contribution in [1.29, 1.82) is 0 Å². The smallest absolute Gasteiger partial charge is 0.150 e. The van der Waals surface area contributed by atoms with Gasteiger partial charge in [0.25, 0.3) is 0 Å². The molecule has 0 radical (unpaired) electrons. The molecular formula is C10H20ClNO2S. The van der Waals surface area contributed by atoms with Crippen molar-refractivity contribution in [3.8, 4) is 0 Å². The minimum absolute atomic E-state index is 0.261. The second-order valence-corrected chi connectivity index (χ2v) is 6.98. The molecule has 3 nitrogen and oxygen atoms in total. The van der Waals surface area contributed by atoms with Gasteiger partial charge in [-0.05, 0) is 31.8 Å². The van der Waals surface area contributed by atoms with Gasteiger partial charge >= 0.3 is 0 Å². The molecule has 1 unspecified atom stereocenters. The summed E-state index contributed by atoms with van der Waals surface area (Å²) in [6.07, 6.45) is 1.91. The Labute approximate surface area is 97.7 Å². The third kappa shape index (κ3) is 4.70. The molecule has 5 heteroatoms. The Hall–Kier alpha value is 0.200. The monoisotopic (exact) mass is 253 g/mol. The minimum Gasteiger partial charge on any atom is -0.303 e. The molecule has 0 N–H and O–H groups in total. The van der Waals surface area contributed by atoms with Gasteiger partial charge in [0.15, 0.2) is 0 Å². The molecule has 1 heterocycles. The van der Waals surface area contributed by atoms with Crippen LogP contribution in [0.1, 0.15) is 19.8 Å². The van der Waals surface area contributed by atoms with Crippen LogP contribution in [0.2, 0.25) is 0 Å². The van der Waals surface area contributed by atoms with Gasteiger partial charge in [-0.25, -0.2) is 8.42 Å². The quantitative estimate of drug-likeness (QED) is 0.671. The van der Waals surface area contributed by atoms with Crippen LogP contribution in [0.4, 0.5) is 0 Å². The zero-order chi connectivity index (χ0) is 11.3. The number of sulfone groups is 1. The molecule has 15 heavy (non-hydrogen) atoms. The van der Waals surface area contributed by atoms with Crippen LogP contribution in [0.5, 0.6) is 0 Å². The lowest BCUT2D eigenvalue weighted by atomic mass is 10.2. The van der Waals surface area contributed by atoms with E-state index in [0.717, 1.165) is 38.4 Å². The maximum Gasteiger partial charge on any atom is 0.150 e. The first-order valence-corrected chi connectivity index (χ1v) is 7.91. The van der Waals surface area contributed by atoms with Crippen LogP contribution < -0.4 is 0 Å². The van der Waals surface area contributed by atoms with Crippen molar-refractivity contribution in [1.82, 2.24) is 4.90 Å². The maximum absolute atomic E-state index is 11.3. The molecule has 0 spiro atoms. The molecule has 0 aromatic rings. The van der Waals surface area contributed by atoms with Gasteiger partial charge in [-0.15, -0.1) is 11.6 Å². The topological polar surface area (TPSA) is 37.4 Å². The van der Waals surface area contributed by atoms with Crippen molar-refractivity contribution in [2.24, 2.45) is 5.92 Å². The number of hydrogen-bond acceptors (Lipinski definition) is 3. The summed E-state index contributed by atoms with van der Waals surface area (Å²) in [5, 5.41) is 0. The van der Waals surface area contributed by atoms with Crippen molar-refractivity contribution in [2.75, 3.05) is 37.0 Å². The van der Waals surface area contributed by atoms with Crippen LogP contribution in [-0.2, 0) is 9.84 Å². The van der Waals surface area contributed by atoms with Crippen molar-refractivity contribution in [3.05, 3.63) is 0 Å². The molecule has 1 atom stereocenters. The molecule has 0 saturated carbocycles. The molecule has 1 fully saturated rings. The second kappa shape index (κ2) is 6.06. The summed E-state index contributed by atoms with van der Waals surface area (Å²) in [7, 11) is -2.78. The minimum atomic E-state index is -2.78. The molecule has 1 saturated heterocycles. The highest BCUT2D eigenvalue weighted by molar-refractivity contribution is 7.91. The zero-order valence-electron chi connectivity index (χ0n) is 9.28. The molecular weight excluding hydrogens is 234 g/mol. The highest BCUT2D eigenvalue weighted by atomic mass is 35.5. The number of halogens is 1. The Morgan fingerprint density at radius 3 is 2.73 bits per heavy atom. The van der Waals surface area contributed by atoms with E-state index in [-0.39, 0.29) is 5.75 Å². The molecule has 0 aliphatic carbocycles. The predicted molar refractivity (Wildman–Crippen MR) is 64.2 cm³/mol. The van der Waals surface area contributed by atoms with Crippen molar-refractivity contribution >= 4 is 21.4 Å². The number of nitrogens with zero attached hydrogens (tertiary/aromatic N) is 1. The first kappa shape index (κ1) is 13.3.